The molecule has 2 heterocycles. The molecule has 6 heteroatoms. The molecular formula is C13H21N3O2S. The molecule has 106 valence electrons. The van der Waals surface area contributed by atoms with E-state index in [9.17, 15) is 8.42 Å². The molecule has 1 aliphatic rings. The van der Waals surface area contributed by atoms with Gasteiger partial charge in [0.25, 0.3) is 0 Å². The molecule has 0 radical (unpaired) electrons. The Bertz CT molecular complexity index is 527. The van der Waals surface area contributed by atoms with E-state index in [1.165, 1.54) is 0 Å². The first-order valence-corrected chi connectivity index (χ1v) is 8.43. The van der Waals surface area contributed by atoms with Crippen LogP contribution in [0.3, 0.4) is 0 Å². The highest BCUT2D eigenvalue weighted by Gasteiger charge is 2.28. The van der Waals surface area contributed by atoms with Crippen molar-refractivity contribution in [1.82, 2.24) is 4.98 Å². The minimum absolute atomic E-state index is 0.00810. The summed E-state index contributed by atoms with van der Waals surface area (Å²) in [5.74, 6) is 0.427. The molecule has 2 rings (SSSR count). The van der Waals surface area contributed by atoms with Crippen LogP contribution >= 0.6 is 0 Å². The van der Waals surface area contributed by atoms with Crippen molar-refractivity contribution in [1.29, 1.82) is 0 Å². The fourth-order valence-corrected chi connectivity index (χ4v) is 3.93. The third-order valence-corrected chi connectivity index (χ3v) is 5.39. The molecule has 1 saturated heterocycles. The molecule has 0 amide bonds. The topological polar surface area (TPSA) is 76.3 Å². The van der Waals surface area contributed by atoms with Gasteiger partial charge in [-0.05, 0) is 25.5 Å². The molecular weight excluding hydrogens is 262 g/mol. The third kappa shape index (κ3) is 3.25. The number of anilines is 1. The van der Waals surface area contributed by atoms with Gasteiger partial charge in [-0.3, -0.25) is 4.98 Å². The van der Waals surface area contributed by atoms with E-state index in [4.69, 9.17) is 5.73 Å². The Morgan fingerprint density at radius 3 is 2.79 bits per heavy atom. The lowest BCUT2D eigenvalue weighted by Gasteiger charge is -2.34. The van der Waals surface area contributed by atoms with Gasteiger partial charge in [0.15, 0.2) is 9.84 Å². The molecule has 1 aliphatic heterocycles. The third-order valence-electron chi connectivity index (χ3n) is 3.59. The van der Waals surface area contributed by atoms with Crippen LogP contribution < -0.4 is 10.6 Å². The van der Waals surface area contributed by atoms with Gasteiger partial charge in [-0.2, -0.15) is 0 Å². The van der Waals surface area contributed by atoms with E-state index in [1.807, 2.05) is 26.0 Å². The summed E-state index contributed by atoms with van der Waals surface area (Å²) < 4.78 is 23.1. The monoisotopic (exact) mass is 283 g/mol. The number of sulfone groups is 1. The summed E-state index contributed by atoms with van der Waals surface area (Å²) in [6.45, 7) is 4.49. The smallest absolute Gasteiger partial charge is 0.154 e. The van der Waals surface area contributed by atoms with Gasteiger partial charge in [-0.25, -0.2) is 8.42 Å². The quantitative estimate of drug-likeness (QED) is 0.899. The molecule has 5 nitrogen and oxygen atoms in total. The van der Waals surface area contributed by atoms with Gasteiger partial charge in [0.2, 0.25) is 0 Å². The van der Waals surface area contributed by atoms with Crippen LogP contribution in [-0.2, 0) is 9.84 Å². The summed E-state index contributed by atoms with van der Waals surface area (Å²) >= 11 is 0. The fraction of sp³-hybridized carbons (Fsp3) is 0.615. The van der Waals surface area contributed by atoms with Crippen LogP contribution in [-0.4, -0.2) is 37.5 Å². The second-order valence-corrected chi connectivity index (χ2v) is 7.34. The Labute approximate surface area is 114 Å². The Balaban J connectivity index is 2.15. The summed E-state index contributed by atoms with van der Waals surface area (Å²) in [4.78, 5) is 6.47. The highest BCUT2D eigenvalue weighted by atomic mass is 32.2. The predicted octanol–water partition coefficient (Wildman–Crippen LogP) is 1.11. The van der Waals surface area contributed by atoms with Crippen molar-refractivity contribution in [2.45, 2.75) is 32.4 Å². The normalized spacial score (nSPS) is 24.2. The van der Waals surface area contributed by atoms with Gasteiger partial charge in [0, 0.05) is 18.6 Å². The summed E-state index contributed by atoms with van der Waals surface area (Å²) in [7, 11) is -2.88. The van der Waals surface area contributed by atoms with Gasteiger partial charge in [-0.15, -0.1) is 0 Å². The van der Waals surface area contributed by atoms with E-state index in [-0.39, 0.29) is 23.6 Å². The molecule has 0 saturated carbocycles. The molecule has 0 aliphatic carbocycles. The van der Waals surface area contributed by atoms with Gasteiger partial charge in [0.1, 0.15) is 0 Å². The minimum atomic E-state index is -2.88. The maximum Gasteiger partial charge on any atom is 0.154 e. The number of hydrogen-bond donors (Lipinski definition) is 1. The van der Waals surface area contributed by atoms with Crippen LogP contribution in [0.4, 0.5) is 5.69 Å². The van der Waals surface area contributed by atoms with Crippen LogP contribution in [0.5, 0.6) is 0 Å². The average Bonchev–Trinajstić information content (AvgIpc) is 2.37. The molecule has 19 heavy (non-hydrogen) atoms. The van der Waals surface area contributed by atoms with E-state index in [2.05, 4.69) is 9.88 Å². The summed E-state index contributed by atoms with van der Waals surface area (Å²) in [5.41, 5.74) is 7.78. The van der Waals surface area contributed by atoms with Crippen molar-refractivity contribution in [3.8, 4) is 0 Å². The molecule has 0 spiro atoms. The van der Waals surface area contributed by atoms with E-state index in [1.54, 1.807) is 6.20 Å². The molecule has 2 atom stereocenters. The lowest BCUT2D eigenvalue weighted by atomic mass is 10.1. The van der Waals surface area contributed by atoms with Crippen molar-refractivity contribution in [2.75, 3.05) is 23.0 Å². The maximum atomic E-state index is 11.6. The fourth-order valence-electron chi connectivity index (χ4n) is 2.38. The number of nitrogens with two attached hydrogens (primary N) is 1. The summed E-state index contributed by atoms with van der Waals surface area (Å²) in [6, 6.07) is 3.87. The van der Waals surface area contributed by atoms with E-state index >= 15 is 0 Å². The number of nitrogens with zero attached hydrogens (tertiary/aromatic N) is 2. The molecule has 2 unspecified atom stereocenters. The van der Waals surface area contributed by atoms with Crippen molar-refractivity contribution in [3.63, 3.8) is 0 Å². The summed E-state index contributed by atoms with van der Waals surface area (Å²) in [6.07, 6.45) is 2.64. The van der Waals surface area contributed by atoms with Crippen molar-refractivity contribution in [3.05, 3.63) is 24.0 Å². The first-order chi connectivity index (χ1) is 8.93. The molecule has 0 bridgehead atoms. The lowest BCUT2D eigenvalue weighted by molar-refractivity contribution is 0.568. The molecule has 1 aromatic heterocycles. The highest BCUT2D eigenvalue weighted by molar-refractivity contribution is 7.91. The van der Waals surface area contributed by atoms with Crippen LogP contribution in [0, 0.1) is 0 Å². The number of pyridine rings is 1. The number of aromatic nitrogens is 1. The van der Waals surface area contributed by atoms with Gasteiger partial charge in [0.05, 0.1) is 29.1 Å². The lowest BCUT2D eigenvalue weighted by Crippen LogP contribution is -2.47. The predicted molar refractivity (Wildman–Crippen MR) is 76.9 cm³/mol. The minimum Gasteiger partial charge on any atom is -0.366 e. The maximum absolute atomic E-state index is 11.6. The second-order valence-electron chi connectivity index (χ2n) is 5.11. The highest BCUT2D eigenvalue weighted by Crippen LogP contribution is 2.22. The number of rotatable bonds is 3. The average molecular weight is 283 g/mol. The van der Waals surface area contributed by atoms with Crippen LogP contribution in [0.1, 0.15) is 32.0 Å². The molecule has 2 N–H and O–H groups in total. The van der Waals surface area contributed by atoms with Gasteiger partial charge in [-0.1, -0.05) is 6.92 Å². The first-order valence-electron chi connectivity index (χ1n) is 6.61. The zero-order valence-corrected chi connectivity index (χ0v) is 12.2. The largest absolute Gasteiger partial charge is 0.366 e. The van der Waals surface area contributed by atoms with Gasteiger partial charge < -0.3 is 10.6 Å². The van der Waals surface area contributed by atoms with Crippen LogP contribution in [0.15, 0.2) is 18.3 Å². The first kappa shape index (κ1) is 14.3. The van der Waals surface area contributed by atoms with Crippen LogP contribution in [0.25, 0.3) is 0 Å². The standard InChI is InChI=1S/C13H21N3O2S/c1-3-12(14)13-5-4-11(8-15-13)16-6-7-19(17,18)9-10(16)2/h4-5,8,10,12H,3,6-7,9,14H2,1-2H3. The van der Waals surface area contributed by atoms with Crippen molar-refractivity contribution >= 4 is 15.5 Å². The Morgan fingerprint density at radius 1 is 1.53 bits per heavy atom. The van der Waals surface area contributed by atoms with Crippen molar-refractivity contribution < 1.29 is 8.42 Å². The zero-order chi connectivity index (χ0) is 14.0. The van der Waals surface area contributed by atoms with Crippen LogP contribution in [0.2, 0.25) is 0 Å². The second kappa shape index (κ2) is 5.46. The SMILES string of the molecule is CCC(N)c1ccc(N2CCS(=O)(=O)CC2C)cn1. The molecule has 1 fully saturated rings. The molecule has 0 aromatic carbocycles. The Morgan fingerprint density at radius 2 is 2.26 bits per heavy atom. The molecule has 1 aromatic rings. The Kier molecular flexibility index (Phi) is 4.10. The van der Waals surface area contributed by atoms with E-state index in [0.717, 1.165) is 17.8 Å². The van der Waals surface area contributed by atoms with Crippen molar-refractivity contribution in [2.24, 2.45) is 5.73 Å². The van der Waals surface area contributed by atoms with E-state index < -0.39 is 9.84 Å². The Hall–Kier alpha value is -1.14. The zero-order valence-electron chi connectivity index (χ0n) is 11.4. The van der Waals surface area contributed by atoms with E-state index in [0.29, 0.717) is 6.54 Å². The summed E-state index contributed by atoms with van der Waals surface area (Å²) in [5, 5.41) is 0. The number of hydrogen-bond acceptors (Lipinski definition) is 5. The van der Waals surface area contributed by atoms with Gasteiger partial charge >= 0.3 is 0 Å².